The van der Waals surface area contributed by atoms with E-state index in [-0.39, 0.29) is 19.3 Å². The minimum atomic E-state index is -4.78. The average Bonchev–Trinajstić information content (AvgIpc) is 3.32. The van der Waals surface area contributed by atoms with Crippen molar-refractivity contribution in [1.29, 1.82) is 0 Å². The summed E-state index contributed by atoms with van der Waals surface area (Å²) in [5.74, 6) is -1.65. The van der Waals surface area contributed by atoms with Gasteiger partial charge in [0.2, 0.25) is 0 Å². The summed E-state index contributed by atoms with van der Waals surface area (Å²) >= 11 is 0. The van der Waals surface area contributed by atoms with Crippen LogP contribution in [0, 0.1) is 0 Å². The van der Waals surface area contributed by atoms with Crippen LogP contribution in [0.15, 0.2) is 122 Å². The summed E-state index contributed by atoms with van der Waals surface area (Å²) in [6.07, 6.45) is 59.1. The fourth-order valence-electron chi connectivity index (χ4n) is 6.04. The highest BCUT2D eigenvalue weighted by Gasteiger charge is 2.28. The molecule has 2 N–H and O–H groups in total. The Kier molecular flexibility index (Phi) is 46.3. The van der Waals surface area contributed by atoms with Crippen LogP contribution in [0.3, 0.4) is 0 Å². The molecule has 0 fully saturated rings. The summed E-state index contributed by atoms with van der Waals surface area (Å²) < 4.78 is 39.2. The monoisotopic (exact) mass is 969 g/mol. The second kappa shape index (κ2) is 49.3. The minimum Gasteiger partial charge on any atom is -0.462 e. The van der Waals surface area contributed by atoms with Gasteiger partial charge in [0.25, 0.3) is 0 Å². The summed E-state index contributed by atoms with van der Waals surface area (Å²) in [7, 11) is -4.78. The highest BCUT2D eigenvalue weighted by Crippen LogP contribution is 2.43. The van der Waals surface area contributed by atoms with E-state index in [1.54, 1.807) is 0 Å². The predicted octanol–water partition coefficient (Wildman–Crippen LogP) is 14.5. The van der Waals surface area contributed by atoms with Crippen molar-refractivity contribution >= 4 is 25.7 Å². The first-order valence-corrected chi connectivity index (χ1v) is 26.9. The van der Waals surface area contributed by atoms with E-state index in [1.807, 2.05) is 12.2 Å². The zero-order chi connectivity index (χ0) is 49.9. The zero-order valence-electron chi connectivity index (χ0n) is 42.0. The van der Waals surface area contributed by atoms with Crippen LogP contribution in [0.4, 0.5) is 0 Å². The van der Waals surface area contributed by atoms with Gasteiger partial charge < -0.3 is 24.2 Å². The van der Waals surface area contributed by atoms with Crippen molar-refractivity contribution in [2.45, 2.75) is 187 Å². The fourth-order valence-corrected chi connectivity index (χ4v) is 6.83. The van der Waals surface area contributed by atoms with Crippen molar-refractivity contribution < 1.29 is 52.2 Å². The van der Waals surface area contributed by atoms with Crippen molar-refractivity contribution in [2.24, 2.45) is 0 Å². The number of phosphoric acid groups is 1. The van der Waals surface area contributed by atoms with Gasteiger partial charge in [0, 0.05) is 19.3 Å². The van der Waals surface area contributed by atoms with E-state index >= 15 is 0 Å². The number of esters is 3. The fraction of sp³-hybridized carbons (Fsp3) is 0.589. The molecule has 0 radical (unpaired) electrons. The highest BCUT2D eigenvalue weighted by atomic mass is 31.2. The average molecular weight is 969 g/mol. The maximum absolute atomic E-state index is 12.8. The van der Waals surface area contributed by atoms with Gasteiger partial charge in [-0.15, -0.1) is 0 Å². The molecule has 0 aromatic carbocycles. The van der Waals surface area contributed by atoms with Crippen LogP contribution in [0.2, 0.25) is 0 Å². The Bertz CT molecular complexity index is 1600. The largest absolute Gasteiger partial charge is 0.472 e. The normalized spacial score (nSPS) is 14.5. The van der Waals surface area contributed by atoms with Gasteiger partial charge in [-0.1, -0.05) is 168 Å². The van der Waals surface area contributed by atoms with E-state index in [4.69, 9.17) is 23.3 Å². The second-order valence-corrected chi connectivity index (χ2v) is 17.7. The number of carbonyl (C=O) groups is 3. The summed E-state index contributed by atoms with van der Waals surface area (Å²) in [6.45, 7) is 4.15. The number of carbonyl (C=O) groups excluding carboxylic acids is 3. The molecule has 384 valence electrons. The van der Waals surface area contributed by atoms with Crippen molar-refractivity contribution in [3.8, 4) is 0 Å². The molecule has 0 aliphatic heterocycles. The maximum atomic E-state index is 12.8. The molecule has 0 bridgehead atoms. The van der Waals surface area contributed by atoms with Gasteiger partial charge in [0.15, 0.2) is 6.10 Å². The molecule has 0 aliphatic rings. The third-order valence-corrected chi connectivity index (χ3v) is 10.8. The van der Waals surface area contributed by atoms with Gasteiger partial charge in [-0.25, -0.2) is 4.57 Å². The van der Waals surface area contributed by atoms with Crippen LogP contribution >= 0.6 is 7.82 Å². The number of hydrogen-bond acceptors (Lipinski definition) is 10. The first kappa shape index (κ1) is 63.9. The van der Waals surface area contributed by atoms with E-state index in [0.29, 0.717) is 19.3 Å². The quantitative estimate of drug-likeness (QED) is 0.0197. The third-order valence-electron chi connectivity index (χ3n) is 9.84. The van der Waals surface area contributed by atoms with Crippen molar-refractivity contribution in [3.05, 3.63) is 122 Å². The Labute approximate surface area is 411 Å². The minimum absolute atomic E-state index is 0.0887. The first-order chi connectivity index (χ1) is 33.2. The summed E-state index contributed by atoms with van der Waals surface area (Å²) in [5.41, 5.74) is 0. The number of aliphatic hydroxyl groups excluding tert-OH is 1. The standard InChI is InChI=1S/C56H89O11P/c1-4-7-10-13-16-19-22-25-26-29-32-35-38-41-44-47-56(60)67-53(49-63-54(58)45-42-39-36-33-30-27-23-20-17-14-11-8-5-2)51-65-68(61,62)64-50-52(48-57)66-55(59)46-43-40-37-34-31-28-24-21-18-15-12-9-6-3/h7-8,10-12,15-17,19-21,24-27,30,32,35-36,39,52-53,57H,4-6,9,13-14,18,22-23,28-29,31,33-34,37-38,40-51H2,1-3H3,(H,61,62)/b10-7-,11-8-,15-12-,19-16-,20-17-,24-21-,26-25-,30-27-,35-32-,39-36-. The number of unbranched alkanes of at least 4 members (excludes halogenated alkanes) is 8. The lowest BCUT2D eigenvalue weighted by Gasteiger charge is -2.21. The molecular formula is C56H89O11P. The second-order valence-electron chi connectivity index (χ2n) is 16.2. The zero-order valence-corrected chi connectivity index (χ0v) is 42.9. The first-order valence-electron chi connectivity index (χ1n) is 25.4. The molecule has 0 spiro atoms. The molecule has 0 aromatic heterocycles. The van der Waals surface area contributed by atoms with E-state index in [2.05, 4.69) is 130 Å². The maximum Gasteiger partial charge on any atom is 0.472 e. The van der Waals surface area contributed by atoms with Crippen molar-refractivity contribution in [1.82, 2.24) is 0 Å². The lowest BCUT2D eigenvalue weighted by atomic mass is 10.1. The molecule has 0 saturated carbocycles. The molecular weight excluding hydrogens is 880 g/mol. The third kappa shape index (κ3) is 47.0. The Balaban J connectivity index is 4.92. The lowest BCUT2D eigenvalue weighted by Crippen LogP contribution is -2.30. The van der Waals surface area contributed by atoms with Gasteiger partial charge in [-0.3, -0.25) is 23.4 Å². The summed E-state index contributed by atoms with van der Waals surface area (Å²) in [4.78, 5) is 48.2. The molecule has 0 saturated heterocycles. The highest BCUT2D eigenvalue weighted by molar-refractivity contribution is 7.47. The van der Waals surface area contributed by atoms with E-state index in [1.165, 1.54) is 0 Å². The summed E-state index contributed by atoms with van der Waals surface area (Å²) in [6, 6.07) is 0. The van der Waals surface area contributed by atoms with E-state index < -0.39 is 64.4 Å². The lowest BCUT2D eigenvalue weighted by molar-refractivity contribution is -0.161. The van der Waals surface area contributed by atoms with Crippen molar-refractivity contribution in [3.63, 3.8) is 0 Å². The van der Waals surface area contributed by atoms with Gasteiger partial charge >= 0.3 is 25.7 Å². The smallest absolute Gasteiger partial charge is 0.462 e. The topological polar surface area (TPSA) is 155 Å². The molecule has 0 rings (SSSR count). The predicted molar refractivity (Wildman–Crippen MR) is 279 cm³/mol. The molecule has 3 atom stereocenters. The van der Waals surface area contributed by atoms with Crippen LogP contribution in [0.25, 0.3) is 0 Å². The molecule has 0 aromatic rings. The summed E-state index contributed by atoms with van der Waals surface area (Å²) in [5, 5.41) is 9.77. The van der Waals surface area contributed by atoms with Crippen LogP contribution in [-0.4, -0.2) is 66.5 Å². The molecule has 0 heterocycles. The SMILES string of the molecule is CC/C=C\C/C=C\C/C=C\C/C=C\CCCCC(=O)OC(COC(=O)CC/C=C\C/C=C\C/C=C\C/C=C\CC)COP(=O)(O)OCC(CO)OC(=O)CCCCCCC/C=C\C/C=C\CCC. The number of allylic oxidation sites excluding steroid dienone is 20. The number of ether oxygens (including phenoxy) is 3. The molecule has 11 nitrogen and oxygen atoms in total. The van der Waals surface area contributed by atoms with Gasteiger partial charge in [-0.2, -0.15) is 0 Å². The Hall–Kier alpha value is -4.12. The molecule has 68 heavy (non-hydrogen) atoms. The molecule has 0 amide bonds. The van der Waals surface area contributed by atoms with Gasteiger partial charge in [0.05, 0.1) is 19.8 Å². The Morgan fingerprint density at radius 1 is 0.426 bits per heavy atom. The van der Waals surface area contributed by atoms with Gasteiger partial charge in [-0.05, 0) is 109 Å². The van der Waals surface area contributed by atoms with E-state index in [0.717, 1.165) is 116 Å². The number of rotatable bonds is 45. The molecule has 3 unspecified atom stereocenters. The number of aliphatic hydroxyl groups is 1. The number of phosphoric ester groups is 1. The Morgan fingerprint density at radius 2 is 0.794 bits per heavy atom. The van der Waals surface area contributed by atoms with Crippen LogP contribution in [0.5, 0.6) is 0 Å². The van der Waals surface area contributed by atoms with Crippen molar-refractivity contribution in [2.75, 3.05) is 26.4 Å². The van der Waals surface area contributed by atoms with Gasteiger partial charge in [0.1, 0.15) is 12.7 Å². The molecule has 0 aliphatic carbocycles. The van der Waals surface area contributed by atoms with E-state index in [9.17, 15) is 28.9 Å². The molecule has 12 heteroatoms. The van der Waals surface area contributed by atoms with Crippen LogP contribution < -0.4 is 0 Å². The van der Waals surface area contributed by atoms with Crippen LogP contribution in [0.1, 0.15) is 175 Å². The Morgan fingerprint density at radius 3 is 1.26 bits per heavy atom. The van der Waals surface area contributed by atoms with Crippen LogP contribution in [-0.2, 0) is 42.2 Å². The number of hydrogen-bond donors (Lipinski definition) is 2.